The van der Waals surface area contributed by atoms with Gasteiger partial charge in [-0.2, -0.15) is 0 Å². The number of aromatic nitrogens is 2. The minimum absolute atomic E-state index is 0. The number of carbonyl (C=O) groups excluding carboxylic acids is 1. The summed E-state index contributed by atoms with van der Waals surface area (Å²) in [6.07, 6.45) is 3.39. The molecule has 2 aromatic heterocycles. The van der Waals surface area contributed by atoms with Crippen LogP contribution in [0, 0.1) is 0 Å². The predicted molar refractivity (Wildman–Crippen MR) is 81.4 cm³/mol. The largest absolute Gasteiger partial charge is 0.350 e. The summed E-state index contributed by atoms with van der Waals surface area (Å²) in [6.45, 7) is 2.61. The summed E-state index contributed by atoms with van der Waals surface area (Å²) < 4.78 is 0. The lowest BCUT2D eigenvalue weighted by Gasteiger charge is -2.10. The Hall–Kier alpha value is -1.30. The van der Waals surface area contributed by atoms with E-state index in [1.807, 2.05) is 26.1 Å². The van der Waals surface area contributed by atoms with Crippen molar-refractivity contribution in [1.29, 1.82) is 0 Å². The highest BCUT2D eigenvalue weighted by Gasteiger charge is 2.12. The van der Waals surface area contributed by atoms with Gasteiger partial charge in [0.15, 0.2) is 0 Å². The molecule has 1 atom stereocenters. The van der Waals surface area contributed by atoms with Crippen LogP contribution in [0.25, 0.3) is 11.0 Å². The van der Waals surface area contributed by atoms with Crippen molar-refractivity contribution >= 4 is 41.8 Å². The molecule has 0 bridgehead atoms. The third kappa shape index (κ3) is 4.09. The molecule has 2 heterocycles. The third-order valence-electron chi connectivity index (χ3n) is 2.76. The molecule has 0 aliphatic rings. The number of rotatable bonds is 4. The fourth-order valence-corrected chi connectivity index (χ4v) is 1.59. The van der Waals surface area contributed by atoms with Crippen LogP contribution in [-0.2, 0) is 0 Å². The summed E-state index contributed by atoms with van der Waals surface area (Å²) >= 11 is 0. The Morgan fingerprint density at radius 1 is 1.47 bits per heavy atom. The minimum Gasteiger partial charge on any atom is -0.350 e. The maximum atomic E-state index is 12.0. The fourth-order valence-electron chi connectivity index (χ4n) is 1.59. The van der Waals surface area contributed by atoms with Gasteiger partial charge in [0, 0.05) is 30.4 Å². The standard InChI is InChI=1S/C12H16N4O.2ClH/c1-8(13-2)6-16-12(17)10-7-15-11-9(10)4-3-5-14-11;;/h3-5,7-8,13H,6H2,1-2H3,(H,14,15)(H,16,17);2*1H. The second-order valence-electron chi connectivity index (χ2n) is 4.00. The van der Waals surface area contributed by atoms with Crippen LogP contribution in [-0.4, -0.2) is 35.5 Å². The van der Waals surface area contributed by atoms with Gasteiger partial charge in [-0.3, -0.25) is 4.79 Å². The Kier molecular flexibility index (Phi) is 7.44. The lowest BCUT2D eigenvalue weighted by molar-refractivity contribution is 0.0952. The number of pyridine rings is 1. The van der Waals surface area contributed by atoms with Crippen LogP contribution in [0.2, 0.25) is 0 Å². The molecule has 0 aliphatic heterocycles. The maximum absolute atomic E-state index is 12.0. The minimum atomic E-state index is -0.0775. The molecule has 2 rings (SSSR count). The van der Waals surface area contributed by atoms with Gasteiger partial charge in [0.2, 0.25) is 0 Å². The van der Waals surface area contributed by atoms with E-state index in [4.69, 9.17) is 0 Å². The summed E-state index contributed by atoms with van der Waals surface area (Å²) in [5, 5.41) is 6.80. The molecule has 19 heavy (non-hydrogen) atoms. The molecule has 2 aromatic rings. The molecule has 7 heteroatoms. The number of fused-ring (bicyclic) bond motifs is 1. The maximum Gasteiger partial charge on any atom is 0.253 e. The van der Waals surface area contributed by atoms with Crippen LogP contribution in [0.4, 0.5) is 0 Å². The van der Waals surface area contributed by atoms with E-state index in [-0.39, 0.29) is 36.8 Å². The molecule has 0 radical (unpaired) electrons. The number of amides is 1. The number of hydrogen-bond acceptors (Lipinski definition) is 3. The summed E-state index contributed by atoms with van der Waals surface area (Å²) in [5.74, 6) is -0.0775. The van der Waals surface area contributed by atoms with Gasteiger partial charge in [0.25, 0.3) is 5.91 Å². The lowest BCUT2D eigenvalue weighted by Crippen LogP contribution is -2.37. The summed E-state index contributed by atoms with van der Waals surface area (Å²) in [6, 6.07) is 3.96. The Morgan fingerprint density at radius 2 is 2.21 bits per heavy atom. The van der Waals surface area contributed by atoms with Crippen molar-refractivity contribution in [2.75, 3.05) is 13.6 Å². The highest BCUT2D eigenvalue weighted by Crippen LogP contribution is 2.15. The molecular weight excluding hydrogens is 287 g/mol. The van der Waals surface area contributed by atoms with E-state index < -0.39 is 0 Å². The van der Waals surface area contributed by atoms with E-state index in [1.165, 1.54) is 0 Å². The molecule has 0 aromatic carbocycles. The monoisotopic (exact) mass is 304 g/mol. The number of carbonyl (C=O) groups is 1. The number of halogens is 2. The number of nitrogens with one attached hydrogen (secondary N) is 3. The Bertz CT molecular complexity index is 529. The van der Waals surface area contributed by atoms with Crippen LogP contribution >= 0.6 is 24.8 Å². The van der Waals surface area contributed by atoms with Gasteiger partial charge >= 0.3 is 0 Å². The summed E-state index contributed by atoms with van der Waals surface area (Å²) in [4.78, 5) is 19.1. The van der Waals surface area contributed by atoms with E-state index in [0.29, 0.717) is 12.1 Å². The van der Waals surface area contributed by atoms with Crippen LogP contribution < -0.4 is 10.6 Å². The lowest BCUT2D eigenvalue weighted by atomic mass is 10.2. The van der Waals surface area contributed by atoms with Gasteiger partial charge in [-0.15, -0.1) is 24.8 Å². The van der Waals surface area contributed by atoms with Crippen molar-refractivity contribution < 1.29 is 4.79 Å². The first-order valence-corrected chi connectivity index (χ1v) is 5.60. The van der Waals surface area contributed by atoms with Crippen molar-refractivity contribution in [1.82, 2.24) is 20.6 Å². The zero-order chi connectivity index (χ0) is 12.3. The van der Waals surface area contributed by atoms with E-state index in [0.717, 1.165) is 11.0 Å². The molecule has 0 aliphatic carbocycles. The molecule has 0 saturated carbocycles. The highest BCUT2D eigenvalue weighted by molar-refractivity contribution is 6.05. The van der Waals surface area contributed by atoms with E-state index in [9.17, 15) is 4.79 Å². The molecule has 3 N–H and O–H groups in total. The van der Waals surface area contributed by atoms with Crippen LogP contribution in [0.1, 0.15) is 17.3 Å². The van der Waals surface area contributed by atoms with E-state index in [1.54, 1.807) is 12.4 Å². The Morgan fingerprint density at radius 3 is 2.89 bits per heavy atom. The zero-order valence-electron chi connectivity index (χ0n) is 10.8. The SMILES string of the molecule is CNC(C)CNC(=O)c1c[nH]c2ncccc12.Cl.Cl. The second kappa shape index (κ2) is 7.99. The first-order chi connectivity index (χ1) is 8.22. The van der Waals surface area contributed by atoms with Gasteiger partial charge in [0.05, 0.1) is 5.56 Å². The topological polar surface area (TPSA) is 69.8 Å². The quantitative estimate of drug-likeness (QED) is 0.806. The second-order valence-corrected chi connectivity index (χ2v) is 4.00. The number of nitrogens with zero attached hydrogens (tertiary/aromatic N) is 1. The van der Waals surface area contributed by atoms with Crippen molar-refractivity contribution in [3.8, 4) is 0 Å². The smallest absolute Gasteiger partial charge is 0.253 e. The summed E-state index contributed by atoms with van der Waals surface area (Å²) in [7, 11) is 1.87. The first-order valence-electron chi connectivity index (χ1n) is 5.60. The molecule has 0 fully saturated rings. The van der Waals surface area contributed by atoms with Crippen molar-refractivity contribution in [2.24, 2.45) is 0 Å². The highest BCUT2D eigenvalue weighted by atomic mass is 35.5. The number of likely N-dealkylation sites (N-methyl/N-ethyl adjacent to an activating group) is 1. The van der Waals surface area contributed by atoms with Crippen LogP contribution in [0.15, 0.2) is 24.5 Å². The number of H-pyrrole nitrogens is 1. The predicted octanol–water partition coefficient (Wildman–Crippen LogP) is 1.74. The van der Waals surface area contributed by atoms with E-state index in [2.05, 4.69) is 20.6 Å². The van der Waals surface area contributed by atoms with Gasteiger partial charge in [0.1, 0.15) is 5.65 Å². The van der Waals surface area contributed by atoms with Crippen molar-refractivity contribution in [3.63, 3.8) is 0 Å². The molecule has 1 unspecified atom stereocenters. The van der Waals surface area contributed by atoms with Crippen molar-refractivity contribution in [2.45, 2.75) is 13.0 Å². The Labute approximate surface area is 124 Å². The van der Waals surface area contributed by atoms with Crippen LogP contribution in [0.3, 0.4) is 0 Å². The Balaban J connectivity index is 0.00000162. The third-order valence-corrected chi connectivity index (χ3v) is 2.76. The van der Waals surface area contributed by atoms with Crippen molar-refractivity contribution in [3.05, 3.63) is 30.1 Å². The first kappa shape index (κ1) is 17.7. The van der Waals surface area contributed by atoms with Crippen LogP contribution in [0.5, 0.6) is 0 Å². The molecule has 0 saturated heterocycles. The molecule has 1 amide bonds. The average Bonchev–Trinajstić information content (AvgIpc) is 2.79. The normalized spacial score (nSPS) is 11.3. The van der Waals surface area contributed by atoms with Gasteiger partial charge in [-0.25, -0.2) is 4.98 Å². The fraction of sp³-hybridized carbons (Fsp3) is 0.333. The number of aromatic amines is 1. The van der Waals surface area contributed by atoms with E-state index >= 15 is 0 Å². The van der Waals surface area contributed by atoms with Gasteiger partial charge in [-0.05, 0) is 26.1 Å². The molecule has 106 valence electrons. The van der Waals surface area contributed by atoms with Gasteiger partial charge in [-0.1, -0.05) is 0 Å². The molecule has 5 nitrogen and oxygen atoms in total. The average molecular weight is 305 g/mol. The summed E-state index contributed by atoms with van der Waals surface area (Å²) in [5.41, 5.74) is 1.37. The number of hydrogen-bond donors (Lipinski definition) is 3. The molecule has 0 spiro atoms. The molecular formula is C12H18Cl2N4O. The zero-order valence-corrected chi connectivity index (χ0v) is 12.4. The van der Waals surface area contributed by atoms with Gasteiger partial charge < -0.3 is 15.6 Å².